The maximum Gasteiger partial charge on any atom is 0.307 e. The molecule has 1 atom stereocenters. The van der Waals surface area contributed by atoms with E-state index in [9.17, 15) is 24.5 Å². The normalized spacial score (nSPS) is 15.3. The number of nitrogens with zero attached hydrogens (tertiary/aromatic N) is 1. The van der Waals surface area contributed by atoms with E-state index in [1.54, 1.807) is 19.1 Å². The fourth-order valence-electron chi connectivity index (χ4n) is 2.65. The molecule has 2 aromatic rings. The van der Waals surface area contributed by atoms with Gasteiger partial charge in [-0.05, 0) is 19.1 Å². The highest BCUT2D eigenvalue weighted by atomic mass is 32.2. The molecule has 0 saturated heterocycles. The minimum absolute atomic E-state index is 0.0869. The highest BCUT2D eigenvalue weighted by Crippen LogP contribution is 2.36. The number of hydrogen-bond donors (Lipinski definition) is 1. The predicted octanol–water partition coefficient (Wildman–Crippen LogP) is 3.13. The van der Waals surface area contributed by atoms with E-state index in [0.29, 0.717) is 11.3 Å². The van der Waals surface area contributed by atoms with Crippen molar-refractivity contribution in [2.75, 3.05) is 11.9 Å². The molecule has 1 aliphatic heterocycles. The summed E-state index contributed by atoms with van der Waals surface area (Å²) in [5.41, 5.74) is 1.03. The summed E-state index contributed by atoms with van der Waals surface area (Å²) in [5, 5.41) is 13.0. The highest BCUT2D eigenvalue weighted by molar-refractivity contribution is 8.01. The lowest BCUT2D eigenvalue weighted by Gasteiger charge is -2.23. The van der Waals surface area contributed by atoms with E-state index >= 15 is 0 Å². The van der Waals surface area contributed by atoms with Crippen LogP contribution in [0.3, 0.4) is 0 Å². The zero-order chi connectivity index (χ0) is 20.3. The van der Waals surface area contributed by atoms with Crippen LogP contribution in [0.1, 0.15) is 22.3 Å². The Morgan fingerprint density at radius 2 is 2.00 bits per heavy atom. The Morgan fingerprint density at radius 1 is 1.25 bits per heavy atom. The van der Waals surface area contributed by atoms with Gasteiger partial charge in [0, 0.05) is 22.1 Å². The van der Waals surface area contributed by atoms with Crippen LogP contribution in [0, 0.1) is 17.0 Å². The van der Waals surface area contributed by atoms with Crippen LogP contribution in [0.2, 0.25) is 0 Å². The van der Waals surface area contributed by atoms with E-state index in [2.05, 4.69) is 5.32 Å². The number of carbonyl (C=O) groups is 3. The molecule has 0 aliphatic carbocycles. The Labute approximate surface area is 164 Å². The van der Waals surface area contributed by atoms with Gasteiger partial charge in [-0.2, -0.15) is 0 Å². The summed E-state index contributed by atoms with van der Waals surface area (Å²) in [4.78, 5) is 47.6. The van der Waals surface area contributed by atoms with Gasteiger partial charge in [-0.15, -0.1) is 11.8 Å². The quantitative estimate of drug-likeness (QED) is 0.343. The Balaban J connectivity index is 1.57. The molecule has 0 bridgehead atoms. The standard InChI is InChI=1S/C19H16N2O6S/c1-11-6-7-12(8-14(11)21(25)26)15(22)10-27-18(23)9-17-19(24)20-13-4-2-3-5-16(13)28-17/h2-8,17H,9-10H2,1H3,(H,20,24)/t17-/m1/s1. The first-order chi connectivity index (χ1) is 13.3. The Bertz CT molecular complexity index is 975. The van der Waals surface area contributed by atoms with Gasteiger partial charge in [0.15, 0.2) is 6.61 Å². The predicted molar refractivity (Wildman–Crippen MR) is 102 cm³/mol. The number of benzene rings is 2. The number of aryl methyl sites for hydroxylation is 1. The van der Waals surface area contributed by atoms with E-state index in [0.717, 1.165) is 11.0 Å². The van der Waals surface area contributed by atoms with Crippen LogP contribution in [-0.2, 0) is 14.3 Å². The molecule has 1 amide bonds. The third kappa shape index (κ3) is 4.37. The van der Waals surface area contributed by atoms with E-state index in [4.69, 9.17) is 4.74 Å². The van der Waals surface area contributed by atoms with Crippen molar-refractivity contribution in [3.63, 3.8) is 0 Å². The molecule has 0 unspecified atom stereocenters. The summed E-state index contributed by atoms with van der Waals surface area (Å²) >= 11 is 1.26. The van der Waals surface area contributed by atoms with Crippen LogP contribution >= 0.6 is 11.8 Å². The van der Waals surface area contributed by atoms with Crippen LogP contribution in [0.4, 0.5) is 11.4 Å². The summed E-state index contributed by atoms with van der Waals surface area (Å²) in [6.07, 6.45) is -0.188. The minimum atomic E-state index is -0.693. The lowest BCUT2D eigenvalue weighted by Crippen LogP contribution is -2.31. The molecule has 2 aromatic carbocycles. The van der Waals surface area contributed by atoms with Crippen molar-refractivity contribution >= 4 is 40.8 Å². The van der Waals surface area contributed by atoms with Gasteiger partial charge in [0.2, 0.25) is 11.7 Å². The molecule has 0 spiro atoms. The average molecular weight is 400 g/mol. The number of esters is 1. The number of ether oxygens (including phenoxy) is 1. The van der Waals surface area contributed by atoms with Crippen molar-refractivity contribution in [3.8, 4) is 0 Å². The maximum atomic E-state index is 12.2. The van der Waals surface area contributed by atoms with Gasteiger partial charge in [0.1, 0.15) is 0 Å². The number of carbonyl (C=O) groups excluding carboxylic acids is 3. The smallest absolute Gasteiger partial charge is 0.307 e. The number of para-hydroxylation sites is 1. The topological polar surface area (TPSA) is 116 Å². The molecule has 0 radical (unpaired) electrons. The molecule has 28 heavy (non-hydrogen) atoms. The van der Waals surface area contributed by atoms with Gasteiger partial charge in [-0.1, -0.05) is 24.3 Å². The molecule has 0 aromatic heterocycles. The van der Waals surface area contributed by atoms with Crippen molar-refractivity contribution in [2.24, 2.45) is 0 Å². The summed E-state index contributed by atoms with van der Waals surface area (Å²) in [6.45, 7) is 1.02. The second kappa shape index (κ2) is 8.22. The van der Waals surface area contributed by atoms with Crippen molar-refractivity contribution in [1.29, 1.82) is 0 Å². The molecule has 3 rings (SSSR count). The summed E-state index contributed by atoms with van der Waals surface area (Å²) < 4.78 is 4.98. The number of nitrogens with one attached hydrogen (secondary N) is 1. The van der Waals surface area contributed by atoms with Crippen molar-refractivity contribution in [1.82, 2.24) is 0 Å². The summed E-state index contributed by atoms with van der Waals surface area (Å²) in [7, 11) is 0. The van der Waals surface area contributed by atoms with E-state index < -0.39 is 28.5 Å². The van der Waals surface area contributed by atoms with Gasteiger partial charge in [0.25, 0.3) is 5.69 Å². The van der Waals surface area contributed by atoms with E-state index in [-0.39, 0.29) is 23.6 Å². The van der Waals surface area contributed by atoms with Crippen LogP contribution < -0.4 is 5.32 Å². The Kier molecular flexibility index (Phi) is 5.74. The molecule has 9 heteroatoms. The molecule has 1 aliphatic rings. The third-order valence-corrected chi connectivity index (χ3v) is 5.43. The van der Waals surface area contributed by atoms with Crippen LogP contribution in [0.15, 0.2) is 47.4 Å². The van der Waals surface area contributed by atoms with Crippen LogP contribution in [-0.4, -0.2) is 34.4 Å². The molecule has 1 N–H and O–H groups in total. The number of fused-ring (bicyclic) bond motifs is 1. The van der Waals surface area contributed by atoms with E-state index in [1.165, 1.54) is 23.9 Å². The minimum Gasteiger partial charge on any atom is -0.457 e. The van der Waals surface area contributed by atoms with Gasteiger partial charge < -0.3 is 10.1 Å². The zero-order valence-corrected chi connectivity index (χ0v) is 15.7. The second-order valence-electron chi connectivity index (χ2n) is 6.14. The van der Waals surface area contributed by atoms with Gasteiger partial charge >= 0.3 is 5.97 Å². The van der Waals surface area contributed by atoms with Gasteiger partial charge in [0.05, 0.1) is 22.3 Å². The van der Waals surface area contributed by atoms with Crippen LogP contribution in [0.25, 0.3) is 0 Å². The first-order valence-electron chi connectivity index (χ1n) is 8.35. The number of rotatable bonds is 6. The zero-order valence-electron chi connectivity index (χ0n) is 14.8. The first-order valence-corrected chi connectivity index (χ1v) is 9.23. The molecular weight excluding hydrogens is 384 g/mol. The van der Waals surface area contributed by atoms with Crippen LogP contribution in [0.5, 0.6) is 0 Å². The second-order valence-corrected chi connectivity index (χ2v) is 7.38. The van der Waals surface area contributed by atoms with Gasteiger partial charge in [-0.25, -0.2) is 0 Å². The maximum absolute atomic E-state index is 12.2. The lowest BCUT2D eigenvalue weighted by atomic mass is 10.1. The molecule has 0 saturated carbocycles. The number of thioether (sulfide) groups is 1. The number of amides is 1. The number of ketones is 1. The molecule has 144 valence electrons. The highest BCUT2D eigenvalue weighted by Gasteiger charge is 2.29. The number of hydrogen-bond acceptors (Lipinski definition) is 7. The van der Waals surface area contributed by atoms with Crippen molar-refractivity contribution < 1.29 is 24.0 Å². The molecule has 0 fully saturated rings. The Morgan fingerprint density at radius 3 is 2.75 bits per heavy atom. The summed E-state index contributed by atoms with van der Waals surface area (Å²) in [5.74, 6) is -1.55. The summed E-state index contributed by atoms with van der Waals surface area (Å²) in [6, 6.07) is 11.3. The SMILES string of the molecule is Cc1ccc(C(=O)COC(=O)C[C@H]2Sc3ccccc3NC2=O)cc1[N+](=O)[O-]. The molecular formula is C19H16N2O6S. The molecule has 1 heterocycles. The van der Waals surface area contributed by atoms with Crippen molar-refractivity contribution in [3.05, 3.63) is 63.7 Å². The Hall–Kier alpha value is -3.20. The first kappa shape index (κ1) is 19.6. The number of anilines is 1. The molecule has 8 nitrogen and oxygen atoms in total. The average Bonchev–Trinajstić information content (AvgIpc) is 2.66. The fourth-order valence-corrected chi connectivity index (χ4v) is 3.74. The lowest BCUT2D eigenvalue weighted by molar-refractivity contribution is -0.385. The van der Waals surface area contributed by atoms with E-state index in [1.807, 2.05) is 12.1 Å². The third-order valence-electron chi connectivity index (χ3n) is 4.15. The fraction of sp³-hybridized carbons (Fsp3) is 0.211. The number of Topliss-reactive ketones (excluding diaryl/α,β-unsaturated/α-hetero) is 1. The van der Waals surface area contributed by atoms with Crippen molar-refractivity contribution in [2.45, 2.75) is 23.5 Å². The number of nitro benzene ring substituents is 1. The number of nitro groups is 1. The largest absolute Gasteiger partial charge is 0.457 e. The van der Waals surface area contributed by atoms with Gasteiger partial charge in [-0.3, -0.25) is 24.5 Å². The monoisotopic (exact) mass is 400 g/mol.